The third kappa shape index (κ3) is 22.1. The molecular formula is C78H118N16O11Si2Sn. The summed E-state index contributed by atoms with van der Waals surface area (Å²) in [5.41, 5.74) is 13.9. The van der Waals surface area contributed by atoms with E-state index >= 15 is 0 Å². The smallest absolute Gasteiger partial charge is 0.352 e. The first-order chi connectivity index (χ1) is 51.7. The van der Waals surface area contributed by atoms with Crippen LogP contribution < -0.4 is 10.6 Å². The number of aliphatic carboxylic acids is 1. The van der Waals surface area contributed by atoms with Gasteiger partial charge in [-0.15, -0.1) is 5.10 Å². The van der Waals surface area contributed by atoms with Crippen molar-refractivity contribution in [3.05, 3.63) is 106 Å². The molecule has 4 fully saturated rings. The Labute approximate surface area is 642 Å². The van der Waals surface area contributed by atoms with E-state index in [4.69, 9.17) is 40.1 Å². The van der Waals surface area contributed by atoms with Crippen molar-refractivity contribution in [2.75, 3.05) is 57.1 Å². The number of anilines is 2. The fraction of sp³-hybridized carbons (Fsp3) is 0.603. The van der Waals surface area contributed by atoms with E-state index < -0.39 is 59.3 Å². The van der Waals surface area contributed by atoms with E-state index in [1.54, 1.807) is 36.8 Å². The average molecular weight is 1630 g/mol. The number of aromatic amines is 1. The molecule has 4 unspecified atom stereocenters. The number of piperidine rings is 1. The number of carbonyl (C=O) groups excluding carboxylic acids is 2. The minimum atomic E-state index is -2.24. The zero-order chi connectivity index (χ0) is 77.9. The van der Waals surface area contributed by atoms with Gasteiger partial charge in [0.15, 0.2) is 22.8 Å². The van der Waals surface area contributed by atoms with E-state index in [1.807, 2.05) is 21.7 Å². The molecule has 1 amide bonds. The summed E-state index contributed by atoms with van der Waals surface area (Å²) in [6.07, 6.45) is 25.4. The van der Waals surface area contributed by atoms with Gasteiger partial charge in [-0.05, 0) is 87.9 Å². The third-order valence-electron chi connectivity index (χ3n) is 21.6. The molecule has 30 heteroatoms. The summed E-state index contributed by atoms with van der Waals surface area (Å²) in [5, 5.41) is 69.1. The molecule has 2 saturated heterocycles. The molecule has 0 radical (unpaired) electrons. The molecule has 3 aliphatic heterocycles. The summed E-state index contributed by atoms with van der Waals surface area (Å²) in [6.45, 7) is 31.4. The number of carboxylic acid groups (broad SMARTS) is 1. The van der Waals surface area contributed by atoms with E-state index in [0.717, 1.165) is 84.9 Å². The van der Waals surface area contributed by atoms with Crippen molar-refractivity contribution in [3.63, 3.8) is 0 Å². The van der Waals surface area contributed by atoms with Gasteiger partial charge in [0.05, 0.1) is 48.3 Å². The maximum atomic E-state index is 13.1. The van der Waals surface area contributed by atoms with Crippen molar-refractivity contribution in [1.82, 2.24) is 59.2 Å². The molecule has 27 nitrogen and oxygen atoms in total. The Balaban J connectivity index is 0.000000189. The molecule has 4 bridgehead atoms. The number of rotatable bonds is 34. The maximum absolute atomic E-state index is 13.1. The molecule has 7 aromatic heterocycles. The van der Waals surface area contributed by atoms with Gasteiger partial charge in [0.2, 0.25) is 5.82 Å². The second-order valence-corrected chi connectivity index (χ2v) is 56.6. The first-order valence-corrected chi connectivity index (χ1v) is 53.9. The summed E-state index contributed by atoms with van der Waals surface area (Å²) in [6, 6.07) is 11.5. The number of nitrogens with two attached hydrogens (primary N) is 1. The molecule has 2 aliphatic carbocycles. The van der Waals surface area contributed by atoms with Gasteiger partial charge < -0.3 is 50.5 Å². The molecule has 8 N–H and O–H groups in total. The fourth-order valence-corrected chi connectivity index (χ4v) is 31.6. The minimum absolute atomic E-state index is 0.00510. The number of ketones is 1. The molecule has 108 heavy (non-hydrogen) atoms. The monoisotopic (exact) mass is 1630 g/mol. The molecule has 12 rings (SSSR count). The number of Topliss-reactive ketones (excluding diaryl/α,β-unsaturated/α-hetero) is 1. The van der Waals surface area contributed by atoms with Crippen LogP contribution in [0.2, 0.25) is 64.7 Å². The van der Waals surface area contributed by atoms with E-state index in [1.165, 1.54) is 112 Å². The minimum Gasteiger partial charge on any atom is -0.477 e. The van der Waals surface area contributed by atoms with Gasteiger partial charge >= 0.3 is 126 Å². The van der Waals surface area contributed by atoms with Crippen molar-refractivity contribution in [1.29, 1.82) is 0 Å². The average Bonchev–Trinajstić information content (AvgIpc) is 1.54. The quantitative estimate of drug-likeness (QED) is 0.00647. The van der Waals surface area contributed by atoms with Crippen LogP contribution in [0, 0.1) is 11.8 Å². The second kappa shape index (κ2) is 39.6. The van der Waals surface area contributed by atoms with Gasteiger partial charge in [0.1, 0.15) is 43.6 Å². The first kappa shape index (κ1) is 84.8. The Morgan fingerprint density at radius 3 is 1.69 bits per heavy atom. The van der Waals surface area contributed by atoms with Gasteiger partial charge in [-0.3, -0.25) is 24.7 Å². The molecule has 2 saturated carbocycles. The van der Waals surface area contributed by atoms with E-state index in [2.05, 4.69) is 125 Å². The summed E-state index contributed by atoms with van der Waals surface area (Å²) >= 11 is -2.24. The van der Waals surface area contributed by atoms with Gasteiger partial charge in [-0.2, -0.15) is 29.4 Å². The number of fused-ring (bicyclic) bond motifs is 6. The van der Waals surface area contributed by atoms with Gasteiger partial charge in [-0.25, -0.2) is 19.7 Å². The van der Waals surface area contributed by atoms with Crippen LogP contribution in [-0.4, -0.2) is 207 Å². The number of aromatic nitrogens is 11. The number of H-pyrrole nitrogens is 1. The van der Waals surface area contributed by atoms with E-state index in [9.17, 15) is 34.8 Å². The number of unbranched alkanes of at least 4 members (excludes halogenated alkanes) is 3. The Kier molecular flexibility index (Phi) is 31.1. The summed E-state index contributed by atoms with van der Waals surface area (Å²) in [4.78, 5) is 62.9. The van der Waals surface area contributed by atoms with Gasteiger partial charge in [-0.1, -0.05) is 64.3 Å². The number of aliphatic hydroxyl groups is 4. The zero-order valence-corrected chi connectivity index (χ0v) is 70.4. The van der Waals surface area contributed by atoms with Gasteiger partial charge in [0.25, 0.3) is 5.91 Å². The Morgan fingerprint density at radius 1 is 0.713 bits per heavy atom. The molecule has 0 aromatic carbocycles. The second-order valence-electron chi connectivity index (χ2n) is 32.1. The molecule has 5 aliphatic rings. The SMILES string of the molecule is C=[C](OCC)[Sn]([CH2]CCC)([CH2]CCC)[CH2]CCC.CC(=O)c1c(C2C[C@H]3CC[C@@H](C2)N3C(=O)c2ncn[nH]2)nc2c(-c3ccc(C(O)CO)nc3)cnn2c1N.C[Si](C)(C)CCOCN(COCC[Si](C)(C)C)c1cc(C2C[C@H]3CC[C@@H](C2)C3)nc2c(-c3ccc(C(O)CO)nc3)cnn12.O=C(O)C1=NN=CC1. The topological polar surface area (TPSA) is 365 Å². The molecule has 588 valence electrons. The van der Waals surface area contributed by atoms with Crippen molar-refractivity contribution in [3.8, 4) is 22.3 Å². The number of aliphatic hydroxyl groups excluding tert-OH is 4. The van der Waals surface area contributed by atoms with Crippen LogP contribution in [0.15, 0.2) is 82.0 Å². The number of nitrogen functional groups attached to an aromatic ring is 1. The number of nitrogens with zero attached hydrogens (tertiary/aromatic N) is 14. The summed E-state index contributed by atoms with van der Waals surface area (Å²) < 4.78 is 27.6. The van der Waals surface area contributed by atoms with Crippen molar-refractivity contribution in [2.24, 2.45) is 22.0 Å². The third-order valence-corrected chi connectivity index (χ3v) is 40.0. The van der Waals surface area contributed by atoms with Crippen molar-refractivity contribution in [2.45, 2.75) is 238 Å². The summed E-state index contributed by atoms with van der Waals surface area (Å²) in [5.74, 6) is 1.99. The predicted molar refractivity (Wildman–Crippen MR) is 429 cm³/mol. The molecular weight excluding hydrogens is 1510 g/mol. The van der Waals surface area contributed by atoms with Crippen LogP contribution in [0.1, 0.15) is 205 Å². The number of hydrogen-bond donors (Lipinski definition) is 7. The van der Waals surface area contributed by atoms with Crippen LogP contribution in [-0.2, 0) is 19.0 Å². The van der Waals surface area contributed by atoms with Crippen LogP contribution in [0.4, 0.5) is 11.6 Å². The summed E-state index contributed by atoms with van der Waals surface area (Å²) in [7, 11) is -2.45. The number of carbonyl (C=O) groups is 3. The Bertz CT molecular complexity index is 4080. The molecule has 10 heterocycles. The van der Waals surface area contributed by atoms with Crippen LogP contribution in [0.25, 0.3) is 33.5 Å². The number of pyridine rings is 2. The Hall–Kier alpha value is -7.24. The van der Waals surface area contributed by atoms with Gasteiger partial charge in [0, 0.05) is 112 Å². The predicted octanol–water partition coefficient (Wildman–Crippen LogP) is 13.6. The number of carboxylic acids is 1. The largest absolute Gasteiger partial charge is 0.477 e. The van der Waals surface area contributed by atoms with E-state index in [-0.39, 0.29) is 53.7 Å². The standard InChI is InChI=1S/C33H53N5O4Si2.C25H27N9O4.C4H4N2O2.C4H7O.3C4H9.Sn/c1-43(2,3)13-11-41-22-37(23-42-12-14-44(4,5)6)32-18-30(27-16-24-7-8-25(15-24)17-27)36-33-28(20-35-38(32)33)26-9-10-29(34-19-26)31(40)21-39;1-12(36)20-21(14-6-15-3-4-16(7-14)33(15)25(38)23-28-11-29-32-23)31-24-17(9-30-34(24)22(20)26)13-2-5-18(27-8-13)19(37)10-35;7-4(8)3-1-2-5-6-3;1-3-5-4-2;3*1-3-4-2;/h9-10,18-20,24-25,27,31,39-40H,7-8,11-17,21-23H2,1-6H3;2,5,8-9,11,14-16,19,35,37H,3-4,6-7,10,26H2,1H3,(H,28,29,32);2H,1H2,(H,7,8);1,4H2,2H3;3*1,3-4H2,2H3;/t24-,25+,27?,31?;14?,15-,16+,19?;;;;;;. The normalized spacial score (nSPS) is 19.4. The fourth-order valence-electron chi connectivity index (χ4n) is 15.5. The zero-order valence-electron chi connectivity index (χ0n) is 65.5. The first-order valence-electron chi connectivity index (χ1n) is 39.0. The van der Waals surface area contributed by atoms with Crippen LogP contribution >= 0.6 is 0 Å². The number of ether oxygens (including phenoxy) is 3. The van der Waals surface area contributed by atoms with Crippen molar-refractivity contribution >= 4 is 87.0 Å². The molecule has 7 aromatic rings. The van der Waals surface area contributed by atoms with Crippen LogP contribution in [0.5, 0.6) is 0 Å². The Morgan fingerprint density at radius 2 is 1.25 bits per heavy atom. The van der Waals surface area contributed by atoms with Crippen LogP contribution in [0.3, 0.4) is 0 Å². The maximum Gasteiger partial charge on any atom is 0.352 e. The van der Waals surface area contributed by atoms with E-state index in [0.29, 0.717) is 78.1 Å². The number of hydrogen-bond acceptors (Lipinski definition) is 22. The number of amides is 1. The molecule has 8 atom stereocenters. The van der Waals surface area contributed by atoms with Crippen molar-refractivity contribution < 1.29 is 54.1 Å². The number of nitrogens with one attached hydrogen (secondary N) is 1. The molecule has 0 spiro atoms.